The molecule has 3 rings (SSSR count). The number of sulfonamides is 2. The summed E-state index contributed by atoms with van der Waals surface area (Å²) in [6.07, 6.45) is 1.18. The van der Waals surface area contributed by atoms with E-state index < -0.39 is 20.0 Å². The van der Waals surface area contributed by atoms with Gasteiger partial charge in [-0.15, -0.1) is 0 Å². The fourth-order valence-electron chi connectivity index (χ4n) is 3.48. The van der Waals surface area contributed by atoms with E-state index in [1.165, 1.54) is 17.5 Å². The topological polar surface area (TPSA) is 92.8 Å². The van der Waals surface area contributed by atoms with Crippen LogP contribution < -0.4 is 9.46 Å². The molecule has 0 spiro atoms. The first-order valence-electron chi connectivity index (χ1n) is 9.43. The van der Waals surface area contributed by atoms with Crippen molar-refractivity contribution in [2.45, 2.75) is 38.1 Å². The Balaban J connectivity index is 1.85. The summed E-state index contributed by atoms with van der Waals surface area (Å²) in [5, 5.41) is 0. The molecule has 0 saturated carbocycles. The van der Waals surface area contributed by atoms with Gasteiger partial charge in [0, 0.05) is 18.8 Å². The number of benzene rings is 2. The van der Waals surface area contributed by atoms with Crippen LogP contribution in [-0.2, 0) is 33.0 Å². The van der Waals surface area contributed by atoms with Crippen molar-refractivity contribution in [1.29, 1.82) is 0 Å². The van der Waals surface area contributed by atoms with Crippen LogP contribution in [0.2, 0.25) is 0 Å². The third-order valence-corrected chi connectivity index (χ3v) is 8.53. The monoisotopic (exact) mass is 438 g/mol. The molecular formula is C20H26N2O5S2. The summed E-state index contributed by atoms with van der Waals surface area (Å²) in [7, 11) is -5.55. The summed E-state index contributed by atoms with van der Waals surface area (Å²) in [5.74, 6) is 0.703. The largest absolute Gasteiger partial charge is 0.497 e. The Morgan fingerprint density at radius 2 is 1.83 bits per heavy atom. The molecular weight excluding hydrogens is 412 g/mol. The molecule has 2 aromatic carbocycles. The number of fused-ring (bicyclic) bond motifs is 1. The van der Waals surface area contributed by atoms with Gasteiger partial charge >= 0.3 is 0 Å². The predicted molar refractivity (Wildman–Crippen MR) is 113 cm³/mol. The third kappa shape index (κ3) is 4.73. The first-order chi connectivity index (χ1) is 13.7. The molecule has 1 aliphatic rings. The second-order valence-electron chi connectivity index (χ2n) is 7.12. The van der Waals surface area contributed by atoms with E-state index in [0.717, 1.165) is 11.1 Å². The maximum absolute atomic E-state index is 12.8. The van der Waals surface area contributed by atoms with Gasteiger partial charge < -0.3 is 4.74 Å². The Morgan fingerprint density at radius 1 is 1.07 bits per heavy atom. The number of nitrogens with one attached hydrogen (secondary N) is 1. The average Bonchev–Trinajstić information content (AvgIpc) is 2.66. The number of methoxy groups -OCH3 is 1. The summed E-state index contributed by atoms with van der Waals surface area (Å²) in [6, 6.07) is 10.1. The van der Waals surface area contributed by atoms with Crippen molar-refractivity contribution >= 4 is 25.7 Å². The molecule has 0 saturated heterocycles. The van der Waals surface area contributed by atoms with Gasteiger partial charge in [0.1, 0.15) is 5.75 Å². The molecule has 9 heteroatoms. The second kappa shape index (κ2) is 8.33. The van der Waals surface area contributed by atoms with E-state index in [2.05, 4.69) is 4.72 Å². The molecule has 1 aliphatic heterocycles. The smallest absolute Gasteiger partial charge is 0.262 e. The molecule has 0 aliphatic carbocycles. The van der Waals surface area contributed by atoms with Crippen molar-refractivity contribution in [3.63, 3.8) is 0 Å². The minimum absolute atomic E-state index is 0.116. The molecule has 0 fully saturated rings. The van der Waals surface area contributed by atoms with E-state index >= 15 is 0 Å². The van der Waals surface area contributed by atoms with Crippen molar-refractivity contribution in [2.24, 2.45) is 0 Å². The van der Waals surface area contributed by atoms with Gasteiger partial charge in [-0.2, -0.15) is 4.31 Å². The Bertz CT molecular complexity index is 1110. The lowest BCUT2D eigenvalue weighted by atomic mass is 10.0. The highest BCUT2D eigenvalue weighted by atomic mass is 32.2. The fraction of sp³-hybridized carbons (Fsp3) is 0.400. The van der Waals surface area contributed by atoms with Crippen molar-refractivity contribution < 1.29 is 21.6 Å². The highest BCUT2D eigenvalue weighted by Gasteiger charge is 2.26. The molecule has 1 heterocycles. The van der Waals surface area contributed by atoms with Crippen LogP contribution in [0, 0.1) is 6.92 Å². The molecule has 2 aromatic rings. The Hall–Kier alpha value is -2.10. The van der Waals surface area contributed by atoms with Gasteiger partial charge in [0.15, 0.2) is 0 Å². The number of hydrogen-bond acceptors (Lipinski definition) is 5. The van der Waals surface area contributed by atoms with Crippen molar-refractivity contribution in [2.75, 3.05) is 24.1 Å². The summed E-state index contributed by atoms with van der Waals surface area (Å²) in [4.78, 5) is 0.170. The van der Waals surface area contributed by atoms with Gasteiger partial charge in [-0.25, -0.2) is 16.8 Å². The van der Waals surface area contributed by atoms with E-state index in [0.29, 0.717) is 36.4 Å². The quantitative estimate of drug-likeness (QED) is 0.718. The van der Waals surface area contributed by atoms with Crippen molar-refractivity contribution in [1.82, 2.24) is 4.31 Å². The van der Waals surface area contributed by atoms with Crippen LogP contribution in [0.15, 0.2) is 41.3 Å². The minimum Gasteiger partial charge on any atom is -0.497 e. The first-order valence-corrected chi connectivity index (χ1v) is 12.5. The normalized spacial score (nSPS) is 15.0. The van der Waals surface area contributed by atoms with Crippen molar-refractivity contribution in [3.8, 4) is 5.75 Å². The molecule has 0 unspecified atom stereocenters. The summed E-state index contributed by atoms with van der Waals surface area (Å²) < 4.78 is 59.7. The standard InChI is InChI=1S/C20H26N2O5S2/c1-4-11-28(23,24)22-10-9-16-5-6-18(13-17(16)14-22)21-29(25,26)20-8-7-19(27-3)12-15(20)2/h5-8,12-13,21H,4,9-11,14H2,1-3H3. The van der Waals surface area contributed by atoms with Crippen LogP contribution in [-0.4, -0.2) is 40.5 Å². The third-order valence-electron chi connectivity index (χ3n) is 4.96. The summed E-state index contributed by atoms with van der Waals surface area (Å²) >= 11 is 0. The number of anilines is 1. The molecule has 0 atom stereocenters. The number of ether oxygens (including phenoxy) is 1. The van der Waals surface area contributed by atoms with Gasteiger partial charge in [-0.05, 0) is 66.8 Å². The Morgan fingerprint density at radius 3 is 2.48 bits per heavy atom. The first kappa shape index (κ1) is 21.6. The molecule has 158 valence electrons. The van der Waals surface area contributed by atoms with Gasteiger partial charge in [-0.3, -0.25) is 4.72 Å². The van der Waals surface area contributed by atoms with Gasteiger partial charge in [0.25, 0.3) is 10.0 Å². The molecule has 0 radical (unpaired) electrons. The van der Waals surface area contributed by atoms with Gasteiger partial charge in [0.05, 0.1) is 17.8 Å². The maximum atomic E-state index is 12.8. The van der Waals surface area contributed by atoms with Crippen molar-refractivity contribution in [3.05, 3.63) is 53.1 Å². The lowest BCUT2D eigenvalue weighted by Crippen LogP contribution is -2.37. The molecule has 7 nitrogen and oxygen atoms in total. The number of rotatable bonds is 7. The molecule has 0 aromatic heterocycles. The van der Waals surface area contributed by atoms with Crippen LogP contribution in [0.5, 0.6) is 5.75 Å². The number of nitrogens with zero attached hydrogens (tertiary/aromatic N) is 1. The zero-order chi connectivity index (χ0) is 21.2. The van der Waals surface area contributed by atoms with Crippen LogP contribution >= 0.6 is 0 Å². The summed E-state index contributed by atoms with van der Waals surface area (Å²) in [6.45, 7) is 4.25. The highest BCUT2D eigenvalue weighted by molar-refractivity contribution is 7.92. The van der Waals surface area contributed by atoms with E-state index in [-0.39, 0.29) is 17.2 Å². The summed E-state index contributed by atoms with van der Waals surface area (Å²) in [5.41, 5.74) is 2.85. The van der Waals surface area contributed by atoms with E-state index in [1.54, 1.807) is 31.2 Å². The molecule has 0 bridgehead atoms. The van der Waals surface area contributed by atoms with E-state index in [1.807, 2.05) is 13.0 Å². The number of hydrogen-bond donors (Lipinski definition) is 1. The second-order valence-corrected chi connectivity index (χ2v) is 10.9. The zero-order valence-corrected chi connectivity index (χ0v) is 18.4. The zero-order valence-electron chi connectivity index (χ0n) is 16.8. The Labute approximate surface area is 172 Å². The van der Waals surface area contributed by atoms with Crippen LogP contribution in [0.1, 0.15) is 30.0 Å². The van der Waals surface area contributed by atoms with Crippen LogP contribution in [0.4, 0.5) is 5.69 Å². The molecule has 29 heavy (non-hydrogen) atoms. The van der Waals surface area contributed by atoms with Crippen LogP contribution in [0.25, 0.3) is 0 Å². The molecule has 0 amide bonds. The van der Waals surface area contributed by atoms with E-state index in [9.17, 15) is 16.8 Å². The SMILES string of the molecule is CCCS(=O)(=O)N1CCc2ccc(NS(=O)(=O)c3ccc(OC)cc3C)cc2C1. The predicted octanol–water partition coefficient (Wildman–Crippen LogP) is 2.90. The lowest BCUT2D eigenvalue weighted by molar-refractivity contribution is 0.391. The van der Waals surface area contributed by atoms with Crippen LogP contribution in [0.3, 0.4) is 0 Å². The van der Waals surface area contributed by atoms with Gasteiger partial charge in [0.2, 0.25) is 10.0 Å². The minimum atomic E-state index is -3.78. The fourth-order valence-corrected chi connectivity index (χ4v) is 6.24. The highest BCUT2D eigenvalue weighted by Crippen LogP contribution is 2.27. The molecule has 1 N–H and O–H groups in total. The number of aryl methyl sites for hydroxylation is 1. The van der Waals surface area contributed by atoms with Gasteiger partial charge in [-0.1, -0.05) is 13.0 Å². The lowest BCUT2D eigenvalue weighted by Gasteiger charge is -2.28. The maximum Gasteiger partial charge on any atom is 0.262 e. The average molecular weight is 439 g/mol. The van der Waals surface area contributed by atoms with E-state index in [4.69, 9.17) is 4.74 Å². The Kier molecular flexibility index (Phi) is 6.21.